The van der Waals surface area contributed by atoms with Gasteiger partial charge < -0.3 is 15.0 Å². The number of benzene rings is 1. The number of carbonyl (C=O) groups excluding carboxylic acids is 1. The number of amides is 1. The summed E-state index contributed by atoms with van der Waals surface area (Å²) in [6, 6.07) is 5.46. The molecule has 2 heterocycles. The lowest BCUT2D eigenvalue weighted by atomic mass is 9.91. The Balaban J connectivity index is 1.78. The molecule has 4 nitrogen and oxygen atoms in total. The van der Waals surface area contributed by atoms with Crippen molar-refractivity contribution in [1.82, 2.24) is 10.2 Å². The molecule has 0 spiro atoms. The molecule has 1 amide bonds. The number of halogens is 2. The SMILES string of the molecule is O=C(C1NCCC1c1ccc(Cl)c(Cl)c1)N1CCOCC1. The Hall–Kier alpha value is -0.810. The lowest BCUT2D eigenvalue weighted by Gasteiger charge is -2.31. The number of hydrogen-bond donors (Lipinski definition) is 1. The molecular formula is C15H18Cl2N2O2. The zero-order chi connectivity index (χ0) is 14.8. The van der Waals surface area contributed by atoms with Crippen molar-refractivity contribution >= 4 is 29.1 Å². The standard InChI is InChI=1S/C15H18Cl2N2O2/c16-12-2-1-10(9-13(12)17)11-3-4-18-14(11)15(20)19-5-7-21-8-6-19/h1-2,9,11,14,18H,3-8H2. The summed E-state index contributed by atoms with van der Waals surface area (Å²) < 4.78 is 5.31. The van der Waals surface area contributed by atoms with Crippen molar-refractivity contribution < 1.29 is 9.53 Å². The molecule has 0 bridgehead atoms. The van der Waals surface area contributed by atoms with Gasteiger partial charge in [-0.2, -0.15) is 0 Å². The molecule has 0 aromatic heterocycles. The number of nitrogens with zero attached hydrogens (tertiary/aromatic N) is 1. The van der Waals surface area contributed by atoms with E-state index in [2.05, 4.69) is 5.32 Å². The van der Waals surface area contributed by atoms with Gasteiger partial charge in [0.1, 0.15) is 0 Å². The first-order chi connectivity index (χ1) is 10.2. The molecule has 3 rings (SSSR count). The molecular weight excluding hydrogens is 311 g/mol. The van der Waals surface area contributed by atoms with Gasteiger partial charge in [-0.15, -0.1) is 0 Å². The second-order valence-electron chi connectivity index (χ2n) is 5.44. The first-order valence-electron chi connectivity index (χ1n) is 7.21. The van der Waals surface area contributed by atoms with Crippen molar-refractivity contribution in [2.45, 2.75) is 18.4 Å². The van der Waals surface area contributed by atoms with E-state index in [1.165, 1.54) is 0 Å². The number of rotatable bonds is 2. The Morgan fingerprint density at radius 1 is 1.24 bits per heavy atom. The highest BCUT2D eigenvalue weighted by Crippen LogP contribution is 2.33. The zero-order valence-corrected chi connectivity index (χ0v) is 13.2. The van der Waals surface area contributed by atoms with Crippen LogP contribution in [0.15, 0.2) is 18.2 Å². The maximum Gasteiger partial charge on any atom is 0.240 e. The summed E-state index contributed by atoms with van der Waals surface area (Å²) in [5.74, 6) is 0.307. The van der Waals surface area contributed by atoms with E-state index in [1.807, 2.05) is 17.0 Å². The van der Waals surface area contributed by atoms with Crippen LogP contribution in [0.2, 0.25) is 10.0 Å². The summed E-state index contributed by atoms with van der Waals surface area (Å²) in [5, 5.41) is 4.41. The lowest BCUT2D eigenvalue weighted by molar-refractivity contribution is -0.137. The van der Waals surface area contributed by atoms with Crippen molar-refractivity contribution in [2.75, 3.05) is 32.8 Å². The van der Waals surface area contributed by atoms with Crippen LogP contribution in [0.4, 0.5) is 0 Å². The summed E-state index contributed by atoms with van der Waals surface area (Å²) >= 11 is 12.1. The quantitative estimate of drug-likeness (QED) is 0.905. The zero-order valence-electron chi connectivity index (χ0n) is 11.6. The Kier molecular flexibility index (Phi) is 4.69. The number of carbonyl (C=O) groups is 1. The predicted molar refractivity (Wildman–Crippen MR) is 83.0 cm³/mol. The average molecular weight is 329 g/mol. The summed E-state index contributed by atoms with van der Waals surface area (Å²) in [6.45, 7) is 3.42. The molecule has 2 atom stereocenters. The van der Waals surface area contributed by atoms with E-state index >= 15 is 0 Å². The molecule has 0 saturated carbocycles. The Morgan fingerprint density at radius 3 is 2.71 bits per heavy atom. The molecule has 21 heavy (non-hydrogen) atoms. The van der Waals surface area contributed by atoms with E-state index in [9.17, 15) is 4.79 Å². The van der Waals surface area contributed by atoms with Gasteiger partial charge in [-0.3, -0.25) is 4.79 Å². The third-order valence-corrected chi connectivity index (χ3v) is 4.92. The number of ether oxygens (including phenoxy) is 1. The van der Waals surface area contributed by atoms with Crippen LogP contribution in [0.25, 0.3) is 0 Å². The smallest absolute Gasteiger partial charge is 0.240 e. The van der Waals surface area contributed by atoms with Gasteiger partial charge in [0.2, 0.25) is 5.91 Å². The van der Waals surface area contributed by atoms with E-state index in [0.29, 0.717) is 36.3 Å². The summed E-state index contributed by atoms with van der Waals surface area (Å²) in [5.41, 5.74) is 1.07. The summed E-state index contributed by atoms with van der Waals surface area (Å²) in [7, 11) is 0. The Bertz CT molecular complexity index is 532. The fraction of sp³-hybridized carbons (Fsp3) is 0.533. The van der Waals surface area contributed by atoms with E-state index in [-0.39, 0.29) is 17.9 Å². The molecule has 2 fully saturated rings. The van der Waals surface area contributed by atoms with Gasteiger partial charge in [0, 0.05) is 19.0 Å². The first-order valence-corrected chi connectivity index (χ1v) is 7.97. The van der Waals surface area contributed by atoms with Crippen LogP contribution < -0.4 is 5.32 Å². The van der Waals surface area contributed by atoms with Crippen LogP contribution in [-0.2, 0) is 9.53 Å². The highest BCUT2D eigenvalue weighted by atomic mass is 35.5. The van der Waals surface area contributed by atoms with Crippen LogP contribution in [0.3, 0.4) is 0 Å². The topological polar surface area (TPSA) is 41.6 Å². The van der Waals surface area contributed by atoms with Crippen LogP contribution in [0.1, 0.15) is 17.9 Å². The minimum atomic E-state index is -0.180. The van der Waals surface area contributed by atoms with E-state index < -0.39 is 0 Å². The molecule has 0 aliphatic carbocycles. The Labute approximate surface area is 134 Å². The second kappa shape index (κ2) is 6.53. The number of nitrogens with one attached hydrogen (secondary N) is 1. The van der Waals surface area contributed by atoms with Gasteiger partial charge in [-0.05, 0) is 30.7 Å². The fourth-order valence-electron chi connectivity index (χ4n) is 3.05. The highest BCUT2D eigenvalue weighted by Gasteiger charge is 2.36. The monoisotopic (exact) mass is 328 g/mol. The van der Waals surface area contributed by atoms with E-state index in [1.54, 1.807) is 6.07 Å². The number of morpholine rings is 1. The Morgan fingerprint density at radius 2 is 2.00 bits per heavy atom. The molecule has 0 radical (unpaired) electrons. The van der Waals surface area contributed by atoms with E-state index in [4.69, 9.17) is 27.9 Å². The lowest BCUT2D eigenvalue weighted by Crippen LogP contribution is -2.49. The fourth-order valence-corrected chi connectivity index (χ4v) is 3.35. The van der Waals surface area contributed by atoms with Gasteiger partial charge in [-0.25, -0.2) is 0 Å². The summed E-state index contributed by atoms with van der Waals surface area (Å²) in [4.78, 5) is 14.6. The van der Waals surface area contributed by atoms with Crippen LogP contribution in [0, 0.1) is 0 Å². The molecule has 6 heteroatoms. The maximum atomic E-state index is 12.7. The summed E-state index contributed by atoms with van der Waals surface area (Å²) in [6.07, 6.45) is 0.929. The van der Waals surface area contributed by atoms with Crippen molar-refractivity contribution in [3.63, 3.8) is 0 Å². The molecule has 2 saturated heterocycles. The van der Waals surface area contributed by atoms with Gasteiger partial charge in [0.25, 0.3) is 0 Å². The van der Waals surface area contributed by atoms with Crippen molar-refractivity contribution in [3.05, 3.63) is 33.8 Å². The van der Waals surface area contributed by atoms with Crippen molar-refractivity contribution in [1.29, 1.82) is 0 Å². The van der Waals surface area contributed by atoms with Crippen LogP contribution in [0.5, 0.6) is 0 Å². The van der Waals surface area contributed by atoms with E-state index in [0.717, 1.165) is 18.5 Å². The van der Waals surface area contributed by atoms with Gasteiger partial charge in [0.15, 0.2) is 0 Å². The minimum absolute atomic E-state index is 0.148. The molecule has 114 valence electrons. The molecule has 1 aromatic rings. The first kappa shape index (κ1) is 15.1. The number of hydrogen-bond acceptors (Lipinski definition) is 3. The molecule has 2 aliphatic heterocycles. The normalized spacial score (nSPS) is 26.1. The second-order valence-corrected chi connectivity index (χ2v) is 6.25. The molecule has 2 aliphatic rings. The maximum absolute atomic E-state index is 12.7. The van der Waals surface area contributed by atoms with Crippen LogP contribution >= 0.6 is 23.2 Å². The molecule has 1 aromatic carbocycles. The average Bonchev–Trinajstić information content (AvgIpc) is 2.99. The predicted octanol–water partition coefficient (Wildman–Crippen LogP) is 2.30. The van der Waals surface area contributed by atoms with Gasteiger partial charge >= 0.3 is 0 Å². The van der Waals surface area contributed by atoms with Gasteiger partial charge in [-0.1, -0.05) is 29.3 Å². The van der Waals surface area contributed by atoms with Crippen LogP contribution in [-0.4, -0.2) is 49.7 Å². The van der Waals surface area contributed by atoms with Gasteiger partial charge in [0.05, 0.1) is 29.3 Å². The largest absolute Gasteiger partial charge is 0.378 e. The highest BCUT2D eigenvalue weighted by molar-refractivity contribution is 6.42. The van der Waals surface area contributed by atoms with Crippen molar-refractivity contribution in [3.8, 4) is 0 Å². The molecule has 2 unspecified atom stereocenters. The third kappa shape index (κ3) is 3.19. The third-order valence-electron chi connectivity index (χ3n) is 4.18. The molecule has 1 N–H and O–H groups in total. The minimum Gasteiger partial charge on any atom is -0.378 e. The van der Waals surface area contributed by atoms with Crippen molar-refractivity contribution in [2.24, 2.45) is 0 Å².